The minimum absolute atomic E-state index is 0.0905. The van der Waals surface area contributed by atoms with E-state index >= 15 is 0 Å². The van der Waals surface area contributed by atoms with Crippen molar-refractivity contribution in [1.82, 2.24) is 5.32 Å². The van der Waals surface area contributed by atoms with Crippen molar-refractivity contribution in [3.8, 4) is 5.75 Å². The lowest BCUT2D eigenvalue weighted by molar-refractivity contribution is -0.124. The monoisotopic (exact) mass is 281 g/mol. The first kappa shape index (κ1) is 16.0. The van der Waals surface area contributed by atoms with Gasteiger partial charge in [0.25, 0.3) is 5.91 Å². The summed E-state index contributed by atoms with van der Waals surface area (Å²) in [6.07, 6.45) is 0. The molecule has 0 bridgehead atoms. The van der Waals surface area contributed by atoms with E-state index < -0.39 is 5.97 Å². The Bertz CT molecular complexity index is 486. The standard InChI is InChI=1S/C14H19NO5/c1-9-6-11(4-5-12(9)14(17)18)20-8-13(16)15-10(2)7-19-3/h4-6,10H,7-8H2,1-3H3,(H,15,16)(H,17,18). The normalized spacial score (nSPS) is 11.8. The van der Waals surface area contributed by atoms with Crippen LogP contribution in [0.15, 0.2) is 18.2 Å². The number of methoxy groups -OCH3 is 1. The molecule has 6 nitrogen and oxygen atoms in total. The zero-order valence-electron chi connectivity index (χ0n) is 11.8. The van der Waals surface area contributed by atoms with E-state index in [1.807, 2.05) is 6.92 Å². The summed E-state index contributed by atoms with van der Waals surface area (Å²) in [7, 11) is 1.56. The topological polar surface area (TPSA) is 84.9 Å². The van der Waals surface area contributed by atoms with E-state index in [9.17, 15) is 9.59 Å². The number of benzene rings is 1. The summed E-state index contributed by atoms with van der Waals surface area (Å²) in [5.74, 6) is -0.781. The van der Waals surface area contributed by atoms with Crippen molar-refractivity contribution in [3.63, 3.8) is 0 Å². The fourth-order valence-corrected chi connectivity index (χ4v) is 1.72. The van der Waals surface area contributed by atoms with E-state index in [4.69, 9.17) is 14.6 Å². The summed E-state index contributed by atoms with van der Waals surface area (Å²) in [6.45, 7) is 3.81. The molecule has 0 saturated heterocycles. The number of aromatic carboxylic acids is 1. The Morgan fingerprint density at radius 3 is 2.65 bits per heavy atom. The molecular weight excluding hydrogens is 262 g/mol. The summed E-state index contributed by atoms with van der Waals surface area (Å²) in [4.78, 5) is 22.4. The Balaban J connectivity index is 2.52. The van der Waals surface area contributed by atoms with Gasteiger partial charge >= 0.3 is 5.97 Å². The number of amides is 1. The van der Waals surface area contributed by atoms with Crippen LogP contribution in [0.4, 0.5) is 0 Å². The van der Waals surface area contributed by atoms with Crippen LogP contribution in [0.1, 0.15) is 22.8 Å². The molecule has 1 rings (SSSR count). The Hall–Kier alpha value is -2.08. The lowest BCUT2D eigenvalue weighted by atomic mass is 10.1. The van der Waals surface area contributed by atoms with Gasteiger partial charge in [-0.2, -0.15) is 0 Å². The van der Waals surface area contributed by atoms with Gasteiger partial charge in [0.2, 0.25) is 0 Å². The maximum Gasteiger partial charge on any atom is 0.335 e. The Morgan fingerprint density at radius 2 is 2.10 bits per heavy atom. The SMILES string of the molecule is COCC(C)NC(=O)COc1ccc(C(=O)O)c(C)c1. The Labute approximate surface area is 117 Å². The van der Waals surface area contributed by atoms with Gasteiger partial charge in [-0.3, -0.25) is 4.79 Å². The zero-order valence-corrected chi connectivity index (χ0v) is 11.8. The molecule has 0 aliphatic rings. The third-order valence-electron chi connectivity index (χ3n) is 2.62. The smallest absolute Gasteiger partial charge is 0.335 e. The second kappa shape index (κ2) is 7.49. The molecule has 1 amide bonds. The number of carboxylic acids is 1. The lowest BCUT2D eigenvalue weighted by Crippen LogP contribution is -2.38. The zero-order chi connectivity index (χ0) is 15.1. The Morgan fingerprint density at radius 1 is 1.40 bits per heavy atom. The first-order valence-electron chi connectivity index (χ1n) is 6.19. The molecule has 20 heavy (non-hydrogen) atoms. The molecule has 1 aromatic rings. The predicted molar refractivity (Wildman–Crippen MR) is 73.1 cm³/mol. The van der Waals surface area contributed by atoms with Crippen LogP contribution in [0.3, 0.4) is 0 Å². The van der Waals surface area contributed by atoms with Crippen LogP contribution >= 0.6 is 0 Å². The third-order valence-corrected chi connectivity index (χ3v) is 2.62. The second-order valence-electron chi connectivity index (χ2n) is 4.49. The molecule has 0 aromatic heterocycles. The summed E-state index contributed by atoms with van der Waals surface area (Å²) in [5.41, 5.74) is 0.804. The van der Waals surface area contributed by atoms with Gasteiger partial charge in [-0.15, -0.1) is 0 Å². The van der Waals surface area contributed by atoms with Crippen molar-refractivity contribution in [1.29, 1.82) is 0 Å². The summed E-state index contributed by atoms with van der Waals surface area (Å²) in [6, 6.07) is 4.49. The molecule has 0 heterocycles. The average Bonchev–Trinajstić information content (AvgIpc) is 2.36. The van der Waals surface area contributed by atoms with Crippen LogP contribution < -0.4 is 10.1 Å². The fraction of sp³-hybridized carbons (Fsp3) is 0.429. The van der Waals surface area contributed by atoms with E-state index in [0.717, 1.165) is 0 Å². The molecule has 2 N–H and O–H groups in total. The molecule has 1 unspecified atom stereocenters. The quantitative estimate of drug-likeness (QED) is 0.785. The summed E-state index contributed by atoms with van der Waals surface area (Å²) in [5, 5.41) is 11.6. The molecule has 0 spiro atoms. The van der Waals surface area contributed by atoms with Crippen molar-refractivity contribution in [2.75, 3.05) is 20.3 Å². The van der Waals surface area contributed by atoms with Gasteiger partial charge < -0.3 is 19.9 Å². The summed E-state index contributed by atoms with van der Waals surface area (Å²) >= 11 is 0. The van der Waals surface area contributed by atoms with Crippen LogP contribution in [0.25, 0.3) is 0 Å². The number of hydrogen-bond acceptors (Lipinski definition) is 4. The molecule has 1 atom stereocenters. The van der Waals surface area contributed by atoms with Crippen LogP contribution in [-0.4, -0.2) is 43.3 Å². The van der Waals surface area contributed by atoms with Crippen molar-refractivity contribution >= 4 is 11.9 Å². The highest BCUT2D eigenvalue weighted by molar-refractivity contribution is 5.89. The van der Waals surface area contributed by atoms with E-state index in [0.29, 0.717) is 17.9 Å². The highest BCUT2D eigenvalue weighted by Crippen LogP contribution is 2.17. The van der Waals surface area contributed by atoms with Gasteiger partial charge in [0, 0.05) is 13.2 Å². The molecule has 0 saturated carbocycles. The third kappa shape index (κ3) is 4.89. The highest BCUT2D eigenvalue weighted by atomic mass is 16.5. The number of ether oxygens (including phenoxy) is 2. The van der Waals surface area contributed by atoms with Gasteiger partial charge in [0.05, 0.1) is 12.2 Å². The lowest BCUT2D eigenvalue weighted by Gasteiger charge is -2.13. The molecule has 0 radical (unpaired) electrons. The van der Waals surface area contributed by atoms with Crippen LogP contribution in [0.5, 0.6) is 5.75 Å². The number of rotatable bonds is 7. The first-order chi connectivity index (χ1) is 9.43. The number of nitrogens with one attached hydrogen (secondary N) is 1. The minimum Gasteiger partial charge on any atom is -0.484 e. The number of aryl methyl sites for hydroxylation is 1. The van der Waals surface area contributed by atoms with Gasteiger partial charge in [-0.1, -0.05) is 0 Å². The number of carbonyl (C=O) groups excluding carboxylic acids is 1. The maximum atomic E-state index is 11.6. The van der Waals surface area contributed by atoms with Crippen LogP contribution in [-0.2, 0) is 9.53 Å². The van der Waals surface area contributed by atoms with Crippen molar-refractivity contribution in [3.05, 3.63) is 29.3 Å². The Kier molecular flexibility index (Phi) is 5.99. The van der Waals surface area contributed by atoms with E-state index in [1.54, 1.807) is 20.1 Å². The second-order valence-corrected chi connectivity index (χ2v) is 4.49. The van der Waals surface area contributed by atoms with Gasteiger partial charge in [-0.05, 0) is 37.6 Å². The van der Waals surface area contributed by atoms with Crippen molar-refractivity contribution in [2.45, 2.75) is 19.9 Å². The summed E-state index contributed by atoms with van der Waals surface area (Å²) < 4.78 is 10.2. The van der Waals surface area contributed by atoms with Gasteiger partial charge in [0.1, 0.15) is 5.75 Å². The molecular formula is C14H19NO5. The van der Waals surface area contributed by atoms with Gasteiger partial charge in [-0.25, -0.2) is 4.79 Å². The van der Waals surface area contributed by atoms with Crippen molar-refractivity contribution < 1.29 is 24.2 Å². The maximum absolute atomic E-state index is 11.6. The molecule has 6 heteroatoms. The average molecular weight is 281 g/mol. The number of hydrogen-bond donors (Lipinski definition) is 2. The minimum atomic E-state index is -0.986. The molecule has 0 aliphatic heterocycles. The molecule has 110 valence electrons. The number of carboxylic acid groups (broad SMARTS) is 1. The van der Waals surface area contributed by atoms with Crippen molar-refractivity contribution in [2.24, 2.45) is 0 Å². The van der Waals surface area contributed by atoms with E-state index in [-0.39, 0.29) is 24.1 Å². The predicted octanol–water partition coefficient (Wildman–Crippen LogP) is 1.22. The van der Waals surface area contributed by atoms with Crippen LogP contribution in [0, 0.1) is 6.92 Å². The van der Waals surface area contributed by atoms with E-state index in [2.05, 4.69) is 5.32 Å². The molecule has 0 fully saturated rings. The van der Waals surface area contributed by atoms with Crippen LogP contribution in [0.2, 0.25) is 0 Å². The largest absolute Gasteiger partial charge is 0.484 e. The highest BCUT2D eigenvalue weighted by Gasteiger charge is 2.10. The number of carbonyl (C=O) groups is 2. The molecule has 1 aromatic carbocycles. The molecule has 0 aliphatic carbocycles. The van der Waals surface area contributed by atoms with Gasteiger partial charge in [0.15, 0.2) is 6.61 Å². The fourth-order valence-electron chi connectivity index (χ4n) is 1.72. The van der Waals surface area contributed by atoms with E-state index in [1.165, 1.54) is 12.1 Å². The first-order valence-corrected chi connectivity index (χ1v) is 6.19.